The number of carbonyl (C=O) groups is 4. The fraction of sp³-hybridized carbons (Fsp3) is 0.273. The second-order valence-electron chi connectivity index (χ2n) is 7.74. The summed E-state index contributed by atoms with van der Waals surface area (Å²) in [4.78, 5) is 50.2. The van der Waals surface area contributed by atoms with Gasteiger partial charge in [0.2, 0.25) is 11.8 Å². The van der Waals surface area contributed by atoms with Crippen LogP contribution in [0.25, 0.3) is 0 Å². The number of fused-ring (bicyclic) bond motifs is 1. The first kappa shape index (κ1) is 22.8. The van der Waals surface area contributed by atoms with Crippen LogP contribution < -0.4 is 10.6 Å². The molecule has 11 heteroatoms. The molecule has 1 fully saturated rings. The molecule has 33 heavy (non-hydrogen) atoms. The molecule has 0 aliphatic carbocycles. The van der Waals surface area contributed by atoms with Crippen LogP contribution in [-0.2, 0) is 16.1 Å². The summed E-state index contributed by atoms with van der Waals surface area (Å²) in [6.45, 7) is -0.00518. The zero-order valence-corrected chi connectivity index (χ0v) is 17.7. The van der Waals surface area contributed by atoms with E-state index in [1.807, 2.05) is 5.32 Å². The number of amides is 4. The highest BCUT2D eigenvalue weighted by atomic mass is 35.5. The molecule has 2 heterocycles. The van der Waals surface area contributed by atoms with Gasteiger partial charge in [-0.15, -0.1) is 0 Å². The molecule has 0 radical (unpaired) electrons. The maximum atomic E-state index is 13.7. The van der Waals surface area contributed by atoms with Gasteiger partial charge in [0.1, 0.15) is 6.04 Å². The van der Waals surface area contributed by atoms with Crippen molar-refractivity contribution >= 4 is 35.2 Å². The lowest BCUT2D eigenvalue weighted by Gasteiger charge is -2.29. The zero-order chi connectivity index (χ0) is 23.9. The van der Waals surface area contributed by atoms with E-state index in [0.29, 0.717) is 5.56 Å². The molecule has 2 atom stereocenters. The van der Waals surface area contributed by atoms with Gasteiger partial charge in [0, 0.05) is 34.7 Å². The summed E-state index contributed by atoms with van der Waals surface area (Å²) in [6, 6.07) is 6.10. The Morgan fingerprint density at radius 1 is 1.15 bits per heavy atom. The van der Waals surface area contributed by atoms with Gasteiger partial charge in [-0.3, -0.25) is 24.5 Å². The van der Waals surface area contributed by atoms with Crippen LogP contribution in [0.3, 0.4) is 0 Å². The summed E-state index contributed by atoms with van der Waals surface area (Å²) in [6.07, 6.45) is -4.54. The molecular weight excluding hydrogens is 463 g/mol. The van der Waals surface area contributed by atoms with E-state index in [9.17, 15) is 32.3 Å². The van der Waals surface area contributed by atoms with Crippen molar-refractivity contribution in [1.29, 1.82) is 0 Å². The number of hydrogen-bond acceptors (Lipinski definition) is 4. The third-order valence-corrected chi connectivity index (χ3v) is 5.95. The van der Waals surface area contributed by atoms with Crippen molar-refractivity contribution in [3.8, 4) is 0 Å². The molecular formula is C22H17ClF3N3O4. The average Bonchev–Trinajstić information content (AvgIpc) is 3.07. The Bertz CT molecular complexity index is 1170. The topological polar surface area (TPSA) is 95.6 Å². The number of rotatable bonds is 4. The molecule has 2 aliphatic rings. The largest absolute Gasteiger partial charge is 0.412 e. The lowest BCUT2D eigenvalue weighted by Crippen LogP contribution is -2.52. The normalized spacial score (nSPS) is 19.2. The monoisotopic (exact) mass is 479 g/mol. The summed E-state index contributed by atoms with van der Waals surface area (Å²) in [5.74, 6) is -2.45. The lowest BCUT2D eigenvalue weighted by molar-refractivity contribution is -0.155. The minimum atomic E-state index is -4.80. The van der Waals surface area contributed by atoms with E-state index in [-0.39, 0.29) is 41.1 Å². The summed E-state index contributed by atoms with van der Waals surface area (Å²) in [5.41, 5.74) is 0.279. The van der Waals surface area contributed by atoms with Crippen LogP contribution in [0.15, 0.2) is 42.5 Å². The van der Waals surface area contributed by atoms with Crippen molar-refractivity contribution in [2.75, 3.05) is 0 Å². The minimum absolute atomic E-state index is 0.00518. The molecule has 7 nitrogen and oxygen atoms in total. The Labute approximate surface area is 190 Å². The molecule has 2 aromatic carbocycles. The summed E-state index contributed by atoms with van der Waals surface area (Å²) >= 11 is 5.91. The van der Waals surface area contributed by atoms with E-state index in [1.165, 1.54) is 47.4 Å². The van der Waals surface area contributed by atoms with Crippen LogP contribution in [0, 0.1) is 0 Å². The zero-order valence-electron chi connectivity index (χ0n) is 16.9. The Hall–Kier alpha value is -3.40. The van der Waals surface area contributed by atoms with E-state index in [2.05, 4.69) is 5.32 Å². The number of nitrogens with zero attached hydrogens (tertiary/aromatic N) is 1. The molecule has 2 aliphatic heterocycles. The maximum Gasteiger partial charge on any atom is 0.412 e. The summed E-state index contributed by atoms with van der Waals surface area (Å²) in [5, 5.41) is 4.02. The highest BCUT2D eigenvalue weighted by molar-refractivity contribution is 6.31. The number of alkyl halides is 3. The maximum absolute atomic E-state index is 13.7. The standard InChI is InChI=1S/C22H17ClF3N3O4/c23-15-4-2-1-3-14(15)18(22(24,25)26)28-19(31)11-5-6-13-12(9-11)10-29(21(13)33)16-7-8-17(30)27-20(16)32/h1-6,9,16,18H,7-8,10H2,(H,28,31)(H,27,30,32)/t16?,18-/m1/s1. The highest BCUT2D eigenvalue weighted by Gasteiger charge is 2.43. The van der Waals surface area contributed by atoms with Gasteiger partial charge < -0.3 is 10.2 Å². The molecule has 0 spiro atoms. The molecule has 172 valence electrons. The Morgan fingerprint density at radius 2 is 1.88 bits per heavy atom. The molecule has 0 aromatic heterocycles. The highest BCUT2D eigenvalue weighted by Crippen LogP contribution is 2.36. The fourth-order valence-electron chi connectivity index (χ4n) is 3.98. The predicted octanol–water partition coefficient (Wildman–Crippen LogP) is 3.13. The molecule has 0 bridgehead atoms. The van der Waals surface area contributed by atoms with Crippen LogP contribution >= 0.6 is 11.6 Å². The van der Waals surface area contributed by atoms with Crippen molar-refractivity contribution in [2.24, 2.45) is 0 Å². The molecule has 2 N–H and O–H groups in total. The molecule has 4 rings (SSSR count). The van der Waals surface area contributed by atoms with Crippen molar-refractivity contribution < 1.29 is 32.3 Å². The van der Waals surface area contributed by atoms with Gasteiger partial charge in [-0.2, -0.15) is 13.2 Å². The number of imide groups is 1. The fourth-order valence-corrected chi connectivity index (χ4v) is 4.22. The second kappa shape index (κ2) is 8.51. The van der Waals surface area contributed by atoms with Crippen molar-refractivity contribution in [2.45, 2.75) is 37.6 Å². The van der Waals surface area contributed by atoms with Gasteiger partial charge in [0.25, 0.3) is 11.8 Å². The Kier molecular flexibility index (Phi) is 5.87. The second-order valence-corrected chi connectivity index (χ2v) is 8.15. The third kappa shape index (κ3) is 4.43. The Balaban J connectivity index is 1.56. The number of piperidine rings is 1. The molecule has 0 saturated carbocycles. The van der Waals surface area contributed by atoms with Crippen LogP contribution in [0.1, 0.15) is 50.7 Å². The number of halogens is 4. The third-order valence-electron chi connectivity index (χ3n) is 5.60. The van der Waals surface area contributed by atoms with Gasteiger partial charge >= 0.3 is 6.18 Å². The first-order valence-electron chi connectivity index (χ1n) is 9.96. The van der Waals surface area contributed by atoms with E-state index in [4.69, 9.17) is 11.6 Å². The van der Waals surface area contributed by atoms with E-state index in [0.717, 1.165) is 0 Å². The van der Waals surface area contributed by atoms with Crippen molar-refractivity contribution in [1.82, 2.24) is 15.5 Å². The first-order valence-corrected chi connectivity index (χ1v) is 10.3. The molecule has 1 saturated heterocycles. The summed E-state index contributed by atoms with van der Waals surface area (Å²) in [7, 11) is 0. The lowest BCUT2D eigenvalue weighted by atomic mass is 10.0. The van der Waals surface area contributed by atoms with Crippen LogP contribution in [0.5, 0.6) is 0 Å². The van der Waals surface area contributed by atoms with Gasteiger partial charge in [-0.05, 0) is 36.2 Å². The van der Waals surface area contributed by atoms with E-state index < -0.39 is 41.9 Å². The summed E-state index contributed by atoms with van der Waals surface area (Å²) < 4.78 is 41.0. The van der Waals surface area contributed by atoms with Gasteiger partial charge in [0.15, 0.2) is 6.04 Å². The average molecular weight is 480 g/mol. The molecule has 2 aromatic rings. The van der Waals surface area contributed by atoms with Crippen LogP contribution in [0.2, 0.25) is 5.02 Å². The molecule has 1 unspecified atom stereocenters. The van der Waals surface area contributed by atoms with Crippen LogP contribution in [0.4, 0.5) is 13.2 Å². The van der Waals surface area contributed by atoms with Crippen LogP contribution in [-0.4, -0.2) is 40.7 Å². The number of carbonyl (C=O) groups excluding carboxylic acids is 4. The van der Waals surface area contributed by atoms with Crippen molar-refractivity contribution in [3.63, 3.8) is 0 Å². The number of nitrogens with one attached hydrogen (secondary N) is 2. The van der Waals surface area contributed by atoms with Gasteiger partial charge in [-0.1, -0.05) is 29.8 Å². The SMILES string of the molecule is O=C1CCC(N2Cc3cc(C(=O)N[C@H](c4ccccc4Cl)C(F)(F)F)ccc3C2=O)C(=O)N1. The van der Waals surface area contributed by atoms with Crippen molar-refractivity contribution in [3.05, 3.63) is 69.7 Å². The number of benzene rings is 2. The van der Waals surface area contributed by atoms with E-state index >= 15 is 0 Å². The number of hydrogen-bond donors (Lipinski definition) is 2. The van der Waals surface area contributed by atoms with E-state index in [1.54, 1.807) is 0 Å². The van der Waals surface area contributed by atoms with Gasteiger partial charge in [-0.25, -0.2) is 0 Å². The van der Waals surface area contributed by atoms with Gasteiger partial charge in [0.05, 0.1) is 0 Å². The minimum Gasteiger partial charge on any atom is -0.337 e. The molecule has 4 amide bonds. The smallest absolute Gasteiger partial charge is 0.337 e. The Morgan fingerprint density at radius 3 is 2.55 bits per heavy atom. The quantitative estimate of drug-likeness (QED) is 0.659. The predicted molar refractivity (Wildman–Crippen MR) is 110 cm³/mol. The first-order chi connectivity index (χ1) is 15.6.